The molecule has 0 N–H and O–H groups in total. The molecule has 0 unspecified atom stereocenters. The van der Waals surface area contributed by atoms with Gasteiger partial charge < -0.3 is 9.26 Å². The highest BCUT2D eigenvalue weighted by Gasteiger charge is 2.39. The van der Waals surface area contributed by atoms with Crippen molar-refractivity contribution in [1.82, 2.24) is 19.3 Å². The van der Waals surface area contributed by atoms with E-state index in [9.17, 15) is 8.42 Å². The predicted molar refractivity (Wildman–Crippen MR) is 92.8 cm³/mol. The number of hydrogen-bond donors (Lipinski definition) is 0. The third kappa shape index (κ3) is 4.58. The summed E-state index contributed by atoms with van der Waals surface area (Å²) in [6.45, 7) is 7.55. The van der Waals surface area contributed by atoms with E-state index >= 15 is 0 Å². The van der Waals surface area contributed by atoms with Crippen LogP contribution in [0.5, 0.6) is 0 Å². The minimum Gasteiger partial charge on any atom is -0.381 e. The largest absolute Gasteiger partial charge is 0.381 e. The third-order valence-electron chi connectivity index (χ3n) is 4.96. The molecule has 8 nitrogen and oxygen atoms in total. The van der Waals surface area contributed by atoms with Crippen molar-refractivity contribution in [3.05, 3.63) is 11.7 Å². The van der Waals surface area contributed by atoms with Crippen LogP contribution in [-0.4, -0.2) is 79.0 Å². The van der Waals surface area contributed by atoms with Crippen molar-refractivity contribution in [2.75, 3.05) is 39.1 Å². The van der Waals surface area contributed by atoms with Gasteiger partial charge in [-0.05, 0) is 12.8 Å². The molecule has 2 aliphatic heterocycles. The Morgan fingerprint density at radius 2 is 1.96 bits per heavy atom. The molecule has 0 spiro atoms. The van der Waals surface area contributed by atoms with Gasteiger partial charge in [0.2, 0.25) is 15.9 Å². The molecule has 142 valence electrons. The van der Waals surface area contributed by atoms with E-state index in [2.05, 4.69) is 15.0 Å². The number of hydrogen-bond acceptors (Lipinski definition) is 7. The van der Waals surface area contributed by atoms with Gasteiger partial charge in [-0.1, -0.05) is 19.0 Å². The molecule has 25 heavy (non-hydrogen) atoms. The lowest BCUT2D eigenvalue weighted by molar-refractivity contribution is -0.0181. The molecule has 3 heterocycles. The van der Waals surface area contributed by atoms with Gasteiger partial charge in [0.05, 0.1) is 12.3 Å². The lowest BCUT2D eigenvalue weighted by atomic mass is 10.00. The van der Waals surface area contributed by atoms with Crippen LogP contribution >= 0.6 is 0 Å². The van der Waals surface area contributed by atoms with Gasteiger partial charge in [-0.2, -0.15) is 9.29 Å². The first kappa shape index (κ1) is 18.8. The number of likely N-dealkylation sites (tertiary alicyclic amines) is 1. The van der Waals surface area contributed by atoms with Crippen LogP contribution in [-0.2, 0) is 21.2 Å². The van der Waals surface area contributed by atoms with Crippen molar-refractivity contribution in [1.29, 1.82) is 0 Å². The first-order valence-electron chi connectivity index (χ1n) is 8.95. The molecule has 2 aliphatic rings. The Kier molecular flexibility index (Phi) is 5.77. The maximum absolute atomic E-state index is 12.2. The lowest BCUT2D eigenvalue weighted by Gasteiger charge is -2.48. The molecule has 0 bridgehead atoms. The van der Waals surface area contributed by atoms with Crippen molar-refractivity contribution < 1.29 is 17.7 Å². The van der Waals surface area contributed by atoms with E-state index in [0.29, 0.717) is 30.7 Å². The topological polar surface area (TPSA) is 88.8 Å². The molecule has 1 aromatic heterocycles. The molecular weight excluding hydrogens is 344 g/mol. The zero-order valence-electron chi connectivity index (χ0n) is 15.2. The summed E-state index contributed by atoms with van der Waals surface area (Å²) in [7, 11) is -3.26. The maximum Gasteiger partial charge on any atom is 0.229 e. The molecule has 2 fully saturated rings. The Morgan fingerprint density at radius 3 is 2.52 bits per heavy atom. The molecule has 3 rings (SSSR count). The third-order valence-corrected chi connectivity index (χ3v) is 6.30. The molecule has 2 saturated heterocycles. The summed E-state index contributed by atoms with van der Waals surface area (Å²) in [5.41, 5.74) is 0. The van der Waals surface area contributed by atoms with E-state index in [0.717, 1.165) is 39.1 Å². The monoisotopic (exact) mass is 372 g/mol. The second kappa shape index (κ2) is 7.69. The number of aromatic nitrogens is 2. The SMILES string of the molecule is CC(C)c1nc(CCN(C2CN(C3CCOCC3)C2)S(C)(=O)=O)no1. The van der Waals surface area contributed by atoms with Crippen LogP contribution in [0.15, 0.2) is 4.52 Å². The van der Waals surface area contributed by atoms with Gasteiger partial charge in [-0.25, -0.2) is 8.42 Å². The summed E-state index contributed by atoms with van der Waals surface area (Å²) in [5.74, 6) is 1.33. The molecule has 0 saturated carbocycles. The van der Waals surface area contributed by atoms with E-state index in [-0.39, 0.29) is 12.0 Å². The second-order valence-electron chi connectivity index (χ2n) is 7.28. The molecule has 0 amide bonds. The smallest absolute Gasteiger partial charge is 0.229 e. The van der Waals surface area contributed by atoms with Crippen LogP contribution < -0.4 is 0 Å². The summed E-state index contributed by atoms with van der Waals surface area (Å²) in [4.78, 5) is 6.70. The van der Waals surface area contributed by atoms with Gasteiger partial charge in [0.1, 0.15) is 0 Å². The van der Waals surface area contributed by atoms with Gasteiger partial charge in [0, 0.05) is 51.2 Å². The Balaban J connectivity index is 1.55. The summed E-state index contributed by atoms with van der Waals surface area (Å²) in [6, 6.07) is 0.562. The average molecular weight is 372 g/mol. The quantitative estimate of drug-likeness (QED) is 0.701. The van der Waals surface area contributed by atoms with Gasteiger partial charge in [0.15, 0.2) is 5.82 Å². The number of nitrogens with zero attached hydrogens (tertiary/aromatic N) is 4. The lowest BCUT2D eigenvalue weighted by Crippen LogP contribution is -2.64. The second-order valence-corrected chi connectivity index (χ2v) is 9.21. The highest BCUT2D eigenvalue weighted by molar-refractivity contribution is 7.88. The summed E-state index contributed by atoms with van der Waals surface area (Å²) in [6.07, 6.45) is 3.82. The van der Waals surface area contributed by atoms with E-state index in [1.807, 2.05) is 13.8 Å². The zero-order chi connectivity index (χ0) is 18.0. The number of sulfonamides is 1. The Labute approximate surface area is 149 Å². The van der Waals surface area contributed by atoms with Gasteiger partial charge in [-0.3, -0.25) is 4.90 Å². The van der Waals surface area contributed by atoms with Crippen molar-refractivity contribution in [3.63, 3.8) is 0 Å². The van der Waals surface area contributed by atoms with E-state index in [4.69, 9.17) is 9.26 Å². The van der Waals surface area contributed by atoms with Crippen LogP contribution in [0.4, 0.5) is 0 Å². The molecule has 0 atom stereocenters. The van der Waals surface area contributed by atoms with Crippen LogP contribution in [0, 0.1) is 0 Å². The summed E-state index contributed by atoms with van der Waals surface area (Å²) < 4.78 is 36.6. The number of rotatable bonds is 7. The van der Waals surface area contributed by atoms with Gasteiger partial charge >= 0.3 is 0 Å². The van der Waals surface area contributed by atoms with Gasteiger partial charge in [-0.15, -0.1) is 0 Å². The molecular formula is C16H28N4O4S. The van der Waals surface area contributed by atoms with E-state index < -0.39 is 10.0 Å². The molecule has 0 radical (unpaired) electrons. The Hall–Kier alpha value is -1.03. The molecule has 9 heteroatoms. The zero-order valence-corrected chi connectivity index (χ0v) is 16.0. The average Bonchev–Trinajstić information content (AvgIpc) is 2.98. The number of ether oxygens (including phenoxy) is 1. The standard InChI is InChI=1S/C16H28N4O4S/c1-12(2)16-17-15(18-24-16)4-7-20(25(3,21)22)14-10-19(11-14)13-5-8-23-9-6-13/h12-14H,4-11H2,1-3H3. The fraction of sp³-hybridized carbons (Fsp3) is 0.875. The normalized spacial score (nSPS) is 21.2. The summed E-state index contributed by atoms with van der Waals surface area (Å²) in [5, 5.41) is 3.95. The van der Waals surface area contributed by atoms with Crippen molar-refractivity contribution >= 4 is 10.0 Å². The first-order chi connectivity index (χ1) is 11.8. The molecule has 0 aromatic carbocycles. The van der Waals surface area contributed by atoms with E-state index in [1.165, 1.54) is 6.26 Å². The maximum atomic E-state index is 12.2. The van der Waals surface area contributed by atoms with Crippen molar-refractivity contribution in [3.8, 4) is 0 Å². The highest BCUT2D eigenvalue weighted by atomic mass is 32.2. The van der Waals surface area contributed by atoms with Crippen molar-refractivity contribution in [2.24, 2.45) is 0 Å². The first-order valence-corrected chi connectivity index (χ1v) is 10.8. The van der Waals surface area contributed by atoms with Crippen LogP contribution in [0.25, 0.3) is 0 Å². The minimum absolute atomic E-state index is 0.0364. The fourth-order valence-electron chi connectivity index (χ4n) is 3.45. The fourth-order valence-corrected chi connectivity index (χ4v) is 4.55. The van der Waals surface area contributed by atoms with Crippen LogP contribution in [0.2, 0.25) is 0 Å². The van der Waals surface area contributed by atoms with Crippen LogP contribution in [0.3, 0.4) is 0 Å². The van der Waals surface area contributed by atoms with Gasteiger partial charge in [0.25, 0.3) is 0 Å². The predicted octanol–water partition coefficient (Wildman–Crippen LogP) is 0.860. The minimum atomic E-state index is -3.26. The molecule has 1 aromatic rings. The highest BCUT2D eigenvalue weighted by Crippen LogP contribution is 2.25. The van der Waals surface area contributed by atoms with E-state index in [1.54, 1.807) is 4.31 Å². The molecule has 0 aliphatic carbocycles. The Morgan fingerprint density at radius 1 is 1.28 bits per heavy atom. The Bertz CT molecular complexity index is 663. The van der Waals surface area contributed by atoms with Crippen molar-refractivity contribution in [2.45, 2.75) is 51.1 Å². The van der Waals surface area contributed by atoms with Crippen LogP contribution in [0.1, 0.15) is 44.3 Å². The summed E-state index contributed by atoms with van der Waals surface area (Å²) >= 11 is 0.